The Hall–Kier alpha value is -1.50. The molecule has 1 aliphatic rings. The summed E-state index contributed by atoms with van der Waals surface area (Å²) in [4.78, 5) is 3.31. The highest BCUT2D eigenvalue weighted by Crippen LogP contribution is 2.49. The minimum absolute atomic E-state index is 0.286. The molecule has 4 heteroatoms. The molecule has 84 valence electrons. The third kappa shape index (κ3) is 1.90. The van der Waals surface area contributed by atoms with E-state index < -0.39 is 11.7 Å². The number of nitrogens with zero attached hydrogens (tertiary/aromatic N) is 1. The molecule has 1 aromatic carbocycles. The summed E-state index contributed by atoms with van der Waals surface area (Å²) in [5.74, 6) is 0. The lowest BCUT2D eigenvalue weighted by atomic mass is 9.94. The Kier molecular flexibility index (Phi) is 2.42. The topological polar surface area (TPSA) is 4.36 Å². The molecule has 0 bridgehead atoms. The van der Waals surface area contributed by atoms with Crippen molar-refractivity contribution >= 4 is 0 Å². The lowest BCUT2D eigenvalue weighted by Crippen LogP contribution is -2.12. The molecule has 0 unspecified atom stereocenters. The first-order valence-electron chi connectivity index (χ1n) is 4.99. The van der Waals surface area contributed by atoms with Crippen molar-refractivity contribution in [1.29, 1.82) is 0 Å². The van der Waals surface area contributed by atoms with E-state index in [1.165, 1.54) is 12.1 Å². The van der Waals surface area contributed by atoms with E-state index in [1.54, 1.807) is 6.07 Å². The Bertz CT molecular complexity index is 438. The molecule has 1 aromatic rings. The lowest BCUT2D eigenvalue weighted by molar-refractivity contribution is -0.137. The average Bonchev–Trinajstić information content (AvgIpc) is 2.99. The van der Waals surface area contributed by atoms with Crippen LogP contribution < -0.4 is 0 Å². The van der Waals surface area contributed by atoms with Gasteiger partial charge in [-0.1, -0.05) is 18.2 Å². The molecule has 0 radical (unpaired) electrons. The Morgan fingerprint density at radius 2 is 2.00 bits per heavy atom. The number of benzene rings is 1. The summed E-state index contributed by atoms with van der Waals surface area (Å²) >= 11 is 0. The van der Waals surface area contributed by atoms with Gasteiger partial charge in [0.1, 0.15) is 0 Å². The molecule has 0 spiro atoms. The van der Waals surface area contributed by atoms with Crippen LogP contribution in [0.25, 0.3) is 4.85 Å². The molecule has 1 fully saturated rings. The molecule has 2 rings (SSSR count). The molecule has 0 aliphatic heterocycles. The third-order valence-corrected chi connectivity index (χ3v) is 3.04. The van der Waals surface area contributed by atoms with Crippen LogP contribution in [-0.2, 0) is 11.6 Å². The van der Waals surface area contributed by atoms with Crippen molar-refractivity contribution in [2.75, 3.05) is 6.54 Å². The van der Waals surface area contributed by atoms with Gasteiger partial charge < -0.3 is 4.85 Å². The fraction of sp³-hybridized carbons (Fsp3) is 0.417. The molecular weight excluding hydrogens is 215 g/mol. The molecule has 16 heavy (non-hydrogen) atoms. The van der Waals surface area contributed by atoms with E-state index in [2.05, 4.69) is 4.85 Å². The summed E-state index contributed by atoms with van der Waals surface area (Å²) in [6.07, 6.45) is -2.67. The third-order valence-electron chi connectivity index (χ3n) is 3.04. The number of rotatable bonds is 2. The van der Waals surface area contributed by atoms with E-state index in [0.717, 1.165) is 18.9 Å². The van der Waals surface area contributed by atoms with Crippen LogP contribution >= 0.6 is 0 Å². The van der Waals surface area contributed by atoms with Gasteiger partial charge in [0.25, 0.3) is 0 Å². The van der Waals surface area contributed by atoms with Gasteiger partial charge in [0.2, 0.25) is 6.54 Å². The van der Waals surface area contributed by atoms with Gasteiger partial charge in [-0.15, -0.1) is 0 Å². The second-order valence-electron chi connectivity index (χ2n) is 4.18. The summed E-state index contributed by atoms with van der Waals surface area (Å²) < 4.78 is 37.5. The molecule has 1 nitrogen and oxygen atoms in total. The summed E-state index contributed by atoms with van der Waals surface area (Å²) in [7, 11) is 0. The van der Waals surface area contributed by atoms with Crippen molar-refractivity contribution in [2.45, 2.75) is 24.4 Å². The summed E-state index contributed by atoms with van der Waals surface area (Å²) in [6.45, 7) is 7.11. The molecular formula is C12H10F3N. The summed E-state index contributed by atoms with van der Waals surface area (Å²) in [6, 6.07) is 5.35. The van der Waals surface area contributed by atoms with Gasteiger partial charge in [0.15, 0.2) is 0 Å². The van der Waals surface area contributed by atoms with Crippen molar-refractivity contribution in [2.24, 2.45) is 0 Å². The first-order valence-corrected chi connectivity index (χ1v) is 4.99. The maximum Gasteiger partial charge on any atom is 0.416 e. The second-order valence-corrected chi connectivity index (χ2v) is 4.18. The van der Waals surface area contributed by atoms with E-state index >= 15 is 0 Å². The van der Waals surface area contributed by atoms with E-state index in [9.17, 15) is 13.2 Å². The van der Waals surface area contributed by atoms with Crippen molar-refractivity contribution in [3.63, 3.8) is 0 Å². The Morgan fingerprint density at radius 1 is 1.31 bits per heavy atom. The van der Waals surface area contributed by atoms with Gasteiger partial charge in [-0.3, -0.25) is 0 Å². The lowest BCUT2D eigenvalue weighted by Gasteiger charge is -2.12. The zero-order valence-corrected chi connectivity index (χ0v) is 8.51. The largest absolute Gasteiger partial charge is 0.416 e. The van der Waals surface area contributed by atoms with Crippen LogP contribution in [0.1, 0.15) is 24.0 Å². The zero-order chi connectivity index (χ0) is 11.8. The van der Waals surface area contributed by atoms with Crippen LogP contribution in [0.4, 0.5) is 13.2 Å². The Morgan fingerprint density at radius 3 is 2.50 bits per heavy atom. The number of hydrogen-bond donors (Lipinski definition) is 0. The quantitative estimate of drug-likeness (QED) is 0.676. The first kappa shape index (κ1) is 11.0. The standard InChI is InChI=1S/C12H10F3N/c1-16-8-11(5-6-11)9-3-2-4-10(7-9)12(13,14)15/h2-4,7H,5-6,8H2. The van der Waals surface area contributed by atoms with Crippen molar-refractivity contribution in [3.05, 3.63) is 46.8 Å². The highest BCUT2D eigenvalue weighted by atomic mass is 19.4. The number of hydrogen-bond acceptors (Lipinski definition) is 0. The van der Waals surface area contributed by atoms with Crippen molar-refractivity contribution < 1.29 is 13.2 Å². The predicted octanol–water partition coefficient (Wildman–Crippen LogP) is 3.66. The summed E-state index contributed by atoms with van der Waals surface area (Å²) in [5, 5.41) is 0. The maximum absolute atomic E-state index is 12.5. The summed E-state index contributed by atoms with van der Waals surface area (Å²) in [5.41, 5.74) is -0.275. The van der Waals surface area contributed by atoms with Crippen LogP contribution in [0.2, 0.25) is 0 Å². The Balaban J connectivity index is 2.34. The van der Waals surface area contributed by atoms with Crippen LogP contribution in [0, 0.1) is 6.57 Å². The molecule has 0 aromatic heterocycles. The van der Waals surface area contributed by atoms with Crippen molar-refractivity contribution in [1.82, 2.24) is 0 Å². The normalized spacial score (nSPS) is 17.9. The maximum atomic E-state index is 12.5. The molecule has 0 amide bonds. The van der Waals surface area contributed by atoms with Gasteiger partial charge in [0, 0.05) is 0 Å². The fourth-order valence-electron chi connectivity index (χ4n) is 1.87. The Labute approximate surface area is 91.7 Å². The molecule has 0 atom stereocenters. The molecule has 0 heterocycles. The molecule has 0 N–H and O–H groups in total. The van der Waals surface area contributed by atoms with E-state index in [1.807, 2.05) is 0 Å². The van der Waals surface area contributed by atoms with E-state index in [4.69, 9.17) is 6.57 Å². The van der Waals surface area contributed by atoms with E-state index in [-0.39, 0.29) is 12.0 Å². The number of alkyl halides is 3. The van der Waals surface area contributed by atoms with Crippen molar-refractivity contribution in [3.8, 4) is 0 Å². The monoisotopic (exact) mass is 225 g/mol. The predicted molar refractivity (Wildman–Crippen MR) is 53.8 cm³/mol. The SMILES string of the molecule is [C-]#[N+]CC1(c2cccc(C(F)(F)F)c2)CC1. The fourth-order valence-corrected chi connectivity index (χ4v) is 1.87. The van der Waals surface area contributed by atoms with Gasteiger partial charge in [-0.25, -0.2) is 6.57 Å². The smallest absolute Gasteiger partial charge is 0.316 e. The van der Waals surface area contributed by atoms with Crippen LogP contribution in [0.3, 0.4) is 0 Å². The average molecular weight is 225 g/mol. The highest BCUT2D eigenvalue weighted by molar-refractivity contribution is 5.36. The van der Waals surface area contributed by atoms with Gasteiger partial charge in [0.05, 0.1) is 11.0 Å². The van der Waals surface area contributed by atoms with Gasteiger partial charge in [-0.2, -0.15) is 13.2 Å². The van der Waals surface area contributed by atoms with Crippen LogP contribution in [0.15, 0.2) is 24.3 Å². The molecule has 1 saturated carbocycles. The van der Waals surface area contributed by atoms with E-state index in [0.29, 0.717) is 5.56 Å². The minimum atomic E-state index is -4.30. The van der Waals surface area contributed by atoms with Gasteiger partial charge >= 0.3 is 6.18 Å². The molecule has 1 aliphatic carbocycles. The minimum Gasteiger partial charge on any atom is -0.316 e. The number of halogens is 3. The molecule has 0 saturated heterocycles. The van der Waals surface area contributed by atoms with Crippen LogP contribution in [-0.4, -0.2) is 6.54 Å². The highest BCUT2D eigenvalue weighted by Gasteiger charge is 2.48. The van der Waals surface area contributed by atoms with Gasteiger partial charge in [-0.05, 0) is 24.5 Å². The zero-order valence-electron chi connectivity index (χ0n) is 8.51. The van der Waals surface area contributed by atoms with Crippen LogP contribution in [0.5, 0.6) is 0 Å². The first-order chi connectivity index (χ1) is 7.48. The second kappa shape index (κ2) is 3.51.